The second-order valence-electron chi connectivity index (χ2n) is 12.6. The molecule has 2 aromatic heterocycles. The normalized spacial score (nSPS) is 27.8. The van der Waals surface area contributed by atoms with Gasteiger partial charge in [-0.3, -0.25) is 4.90 Å². The third-order valence-electron chi connectivity index (χ3n) is 9.56. The Morgan fingerprint density at radius 2 is 1.93 bits per heavy atom. The van der Waals surface area contributed by atoms with Crippen molar-refractivity contribution >= 4 is 22.5 Å². The molecule has 246 valence electrons. The highest BCUT2D eigenvalue weighted by Gasteiger charge is 2.50. The van der Waals surface area contributed by atoms with Gasteiger partial charge in [0.1, 0.15) is 41.3 Å². The molecule has 1 unspecified atom stereocenters. The molecule has 6 heterocycles. The van der Waals surface area contributed by atoms with Crippen molar-refractivity contribution in [3.63, 3.8) is 0 Å². The Morgan fingerprint density at radius 1 is 1.13 bits per heavy atom. The molecule has 4 aliphatic heterocycles. The van der Waals surface area contributed by atoms with Crippen molar-refractivity contribution in [1.82, 2.24) is 25.2 Å². The molecule has 1 aromatic carbocycles. The van der Waals surface area contributed by atoms with Crippen molar-refractivity contribution in [3.05, 3.63) is 47.6 Å². The highest BCUT2D eigenvalue weighted by Crippen LogP contribution is 2.44. The van der Waals surface area contributed by atoms with E-state index in [1.807, 2.05) is 4.90 Å². The number of nitrogen functional groups attached to an aromatic ring is 1. The minimum atomic E-state index is -5.23. The van der Waals surface area contributed by atoms with E-state index in [0.29, 0.717) is 38.4 Å². The molecule has 0 radical (unpaired) electrons. The molecule has 0 amide bonds. The van der Waals surface area contributed by atoms with Gasteiger partial charge in [0.2, 0.25) is 0 Å². The van der Waals surface area contributed by atoms with Gasteiger partial charge in [-0.05, 0) is 44.4 Å². The van der Waals surface area contributed by atoms with Crippen LogP contribution in [0.1, 0.15) is 37.7 Å². The number of ether oxygens (including phenoxy) is 1. The molecule has 0 spiro atoms. The third-order valence-corrected chi connectivity index (χ3v) is 9.56. The number of hydrogen-bond donors (Lipinski definition) is 2. The summed E-state index contributed by atoms with van der Waals surface area (Å²) >= 11 is 0. The van der Waals surface area contributed by atoms with Crippen LogP contribution in [0.3, 0.4) is 0 Å². The largest absolute Gasteiger partial charge is 0.461 e. The van der Waals surface area contributed by atoms with E-state index in [1.165, 1.54) is 6.07 Å². The molecule has 3 aromatic rings. The van der Waals surface area contributed by atoms with E-state index >= 15 is 4.39 Å². The Bertz CT molecular complexity index is 1730. The van der Waals surface area contributed by atoms with Gasteiger partial charge in [-0.15, -0.1) is 0 Å². The fourth-order valence-corrected chi connectivity index (χ4v) is 7.70. The highest BCUT2D eigenvalue weighted by molar-refractivity contribution is 5.93. The molecule has 0 aliphatic carbocycles. The summed E-state index contributed by atoms with van der Waals surface area (Å²) in [5.41, 5.74) is -0.166. The molecule has 7 rings (SSSR count). The Hall–Kier alpha value is -3.79. The first-order valence-electron chi connectivity index (χ1n) is 14.9. The lowest BCUT2D eigenvalue weighted by Gasteiger charge is -2.40. The molecular weight excluding hydrogens is 626 g/mol. The number of rotatable bonds is 6. The van der Waals surface area contributed by atoms with Crippen LogP contribution < -0.4 is 20.7 Å². The van der Waals surface area contributed by atoms with Gasteiger partial charge < -0.3 is 20.7 Å². The number of nitrogens with two attached hydrogens (primary N) is 1. The Morgan fingerprint density at radius 3 is 2.70 bits per heavy atom. The second kappa shape index (κ2) is 10.9. The number of benzene rings is 1. The Labute approximate surface area is 257 Å². The number of aromatic nitrogens is 3. The van der Waals surface area contributed by atoms with Crippen LogP contribution in [0.25, 0.3) is 22.2 Å². The highest BCUT2D eigenvalue weighted by atomic mass is 19.4. The summed E-state index contributed by atoms with van der Waals surface area (Å²) in [4.78, 5) is 16.1. The number of pyridine rings is 1. The molecular formula is C30H29F8N7O. The van der Waals surface area contributed by atoms with Gasteiger partial charge in [0, 0.05) is 55.2 Å². The summed E-state index contributed by atoms with van der Waals surface area (Å²) in [6, 6.07) is 2.15. The summed E-state index contributed by atoms with van der Waals surface area (Å²) in [6.45, 7) is 1.24. The quantitative estimate of drug-likeness (QED) is 0.331. The van der Waals surface area contributed by atoms with Crippen molar-refractivity contribution < 1.29 is 39.9 Å². The van der Waals surface area contributed by atoms with Crippen molar-refractivity contribution in [3.8, 4) is 17.3 Å². The zero-order valence-electron chi connectivity index (χ0n) is 24.3. The number of alkyl halides is 4. The summed E-state index contributed by atoms with van der Waals surface area (Å²) in [5, 5.41) is 3.28. The zero-order chi connectivity index (χ0) is 32.6. The van der Waals surface area contributed by atoms with E-state index in [1.54, 1.807) is 4.90 Å². The summed E-state index contributed by atoms with van der Waals surface area (Å²) in [6.07, 6.45) is -4.61. The van der Waals surface area contributed by atoms with Gasteiger partial charge in [-0.25, -0.2) is 18.2 Å². The minimum Gasteiger partial charge on any atom is -0.461 e. The second-order valence-corrected chi connectivity index (χ2v) is 12.6. The summed E-state index contributed by atoms with van der Waals surface area (Å²) in [5.74, 6) is -3.46. The molecule has 2 bridgehead atoms. The van der Waals surface area contributed by atoms with E-state index in [-0.39, 0.29) is 49.4 Å². The first-order valence-corrected chi connectivity index (χ1v) is 14.9. The van der Waals surface area contributed by atoms with Gasteiger partial charge in [0.05, 0.1) is 16.8 Å². The molecule has 4 aliphatic rings. The summed E-state index contributed by atoms with van der Waals surface area (Å²) < 4.78 is 120. The molecule has 4 saturated heterocycles. The van der Waals surface area contributed by atoms with Gasteiger partial charge in [0.25, 0.3) is 6.08 Å². The zero-order valence-corrected chi connectivity index (χ0v) is 24.3. The topological polar surface area (TPSA) is 92.4 Å². The Kier molecular flexibility index (Phi) is 7.30. The number of halogens is 8. The fourth-order valence-electron chi connectivity index (χ4n) is 7.70. The fraction of sp³-hybridized carbons (Fsp3) is 0.500. The van der Waals surface area contributed by atoms with Crippen LogP contribution in [0, 0.1) is 11.6 Å². The van der Waals surface area contributed by atoms with Crippen LogP contribution in [0.4, 0.5) is 46.8 Å². The Balaban J connectivity index is 1.36. The van der Waals surface area contributed by atoms with Crippen LogP contribution in [0.5, 0.6) is 6.01 Å². The molecule has 8 nitrogen and oxygen atoms in total. The number of nitrogens with zero attached hydrogens (tertiary/aromatic N) is 5. The average Bonchev–Trinajstić information content (AvgIpc) is 3.58. The predicted molar refractivity (Wildman–Crippen MR) is 152 cm³/mol. The van der Waals surface area contributed by atoms with Crippen LogP contribution in [-0.4, -0.2) is 75.9 Å². The monoisotopic (exact) mass is 655 g/mol. The average molecular weight is 656 g/mol. The smallest absolute Gasteiger partial charge is 0.421 e. The van der Waals surface area contributed by atoms with E-state index in [4.69, 9.17) is 10.5 Å². The van der Waals surface area contributed by atoms with Crippen molar-refractivity contribution in [2.24, 2.45) is 0 Å². The minimum absolute atomic E-state index is 0.0240. The van der Waals surface area contributed by atoms with E-state index < -0.39 is 69.3 Å². The van der Waals surface area contributed by atoms with Gasteiger partial charge in [-0.1, -0.05) is 0 Å². The van der Waals surface area contributed by atoms with Crippen LogP contribution in [-0.2, 0) is 6.18 Å². The standard InChI is InChI=1S/C30H29F8N7O/c31-15-9-29(5-1-7-45(29)11-15)14-46-27-41-25-18(26(42-27)44-12-16-4-6-28(13-44,43-16)10-20(33)34)3-2-17(23(25)35)24-22(30(36,37)38)19(32)8-21(39)40-24/h2-3,8,10,15-16,43H,1,4-7,9,11-14H2,(H2,39,40)/t15-,16-,28-,29?/m1/s1. The first-order chi connectivity index (χ1) is 21.8. The number of anilines is 2. The molecule has 4 fully saturated rings. The lowest BCUT2D eigenvalue weighted by atomic mass is 9.95. The SMILES string of the molecule is Nc1cc(F)c(C(F)(F)F)c(-c2ccc3c(N4C[C@H]5CC[C@@](C=C(F)F)(C4)N5)nc(OCC45CCCN4C[C@H](F)C5)nc3c2F)n1. The molecule has 3 N–H and O–H groups in total. The van der Waals surface area contributed by atoms with E-state index in [0.717, 1.165) is 18.6 Å². The number of hydrogen-bond acceptors (Lipinski definition) is 8. The first kappa shape index (κ1) is 30.8. The van der Waals surface area contributed by atoms with Gasteiger partial charge >= 0.3 is 12.2 Å². The number of nitrogens with one attached hydrogen (secondary N) is 1. The van der Waals surface area contributed by atoms with Crippen molar-refractivity contribution in [1.29, 1.82) is 0 Å². The molecule has 46 heavy (non-hydrogen) atoms. The van der Waals surface area contributed by atoms with Crippen molar-refractivity contribution in [2.75, 3.05) is 43.4 Å². The van der Waals surface area contributed by atoms with Crippen LogP contribution in [0.15, 0.2) is 30.4 Å². The maximum atomic E-state index is 16.4. The maximum absolute atomic E-state index is 16.4. The van der Waals surface area contributed by atoms with Crippen LogP contribution >= 0.6 is 0 Å². The molecule has 0 saturated carbocycles. The lowest BCUT2D eigenvalue weighted by molar-refractivity contribution is -0.139. The number of fused-ring (bicyclic) bond motifs is 4. The molecule has 16 heteroatoms. The van der Waals surface area contributed by atoms with Gasteiger partial charge in [0.15, 0.2) is 5.82 Å². The van der Waals surface area contributed by atoms with E-state index in [9.17, 15) is 30.7 Å². The van der Waals surface area contributed by atoms with E-state index in [2.05, 4.69) is 20.3 Å². The molecule has 4 atom stereocenters. The summed E-state index contributed by atoms with van der Waals surface area (Å²) in [7, 11) is 0. The third kappa shape index (κ3) is 5.28. The number of piperazine rings is 1. The van der Waals surface area contributed by atoms with Gasteiger partial charge in [-0.2, -0.15) is 31.9 Å². The lowest BCUT2D eigenvalue weighted by Crippen LogP contribution is -2.59. The van der Waals surface area contributed by atoms with Crippen LogP contribution in [0.2, 0.25) is 0 Å². The predicted octanol–water partition coefficient (Wildman–Crippen LogP) is 5.62. The van der Waals surface area contributed by atoms with Crippen molar-refractivity contribution in [2.45, 2.75) is 61.6 Å². The maximum Gasteiger partial charge on any atom is 0.421 e.